The molecule has 0 bridgehead atoms. The Kier molecular flexibility index (Phi) is 7.86. The minimum absolute atomic E-state index is 0.936. The van der Waals surface area contributed by atoms with Crippen LogP contribution in [0.25, 0.3) is 105 Å². The Morgan fingerprint density at radius 1 is 0.298 bits per heavy atom. The molecule has 0 aliphatic carbocycles. The predicted molar refractivity (Wildman–Crippen MR) is 240 cm³/mol. The summed E-state index contributed by atoms with van der Waals surface area (Å²) < 4.78 is 2.19. The van der Waals surface area contributed by atoms with E-state index < -0.39 is 0 Å². The molecule has 2 heterocycles. The summed E-state index contributed by atoms with van der Waals surface area (Å²) in [5, 5.41) is 7.51. The molecule has 0 aliphatic heterocycles. The molecule has 0 saturated carbocycles. The first-order chi connectivity index (χ1) is 28.2. The molecule has 11 rings (SSSR count). The van der Waals surface area contributed by atoms with Crippen molar-refractivity contribution in [3.8, 4) is 67.0 Å². The van der Waals surface area contributed by atoms with Crippen LogP contribution in [0.1, 0.15) is 0 Å². The highest BCUT2D eigenvalue weighted by atomic mass is 15.0. The van der Waals surface area contributed by atoms with Gasteiger partial charge in [-0.25, -0.2) is 4.98 Å². The summed E-state index contributed by atoms with van der Waals surface area (Å²) in [5.74, 6) is 0. The maximum Gasteiger partial charge on any atom is 0.137 e. The van der Waals surface area contributed by atoms with Crippen molar-refractivity contribution in [3.63, 3.8) is 0 Å². The molecular weight excluding hydrogens is 689 g/mol. The Bertz CT molecular complexity index is 3190. The Balaban J connectivity index is 0.944. The summed E-state index contributed by atoms with van der Waals surface area (Å²) >= 11 is 0. The van der Waals surface area contributed by atoms with Crippen molar-refractivity contribution in [2.24, 2.45) is 0 Å². The molecule has 2 heteroatoms. The van der Waals surface area contributed by atoms with Gasteiger partial charge in [0.05, 0.1) is 11.4 Å². The summed E-state index contributed by atoms with van der Waals surface area (Å²) in [4.78, 5) is 5.03. The van der Waals surface area contributed by atoms with Gasteiger partial charge in [0, 0.05) is 11.8 Å². The molecule has 2 nitrogen and oxygen atoms in total. The second-order valence-electron chi connectivity index (χ2n) is 14.8. The molecule has 57 heavy (non-hydrogen) atoms. The average Bonchev–Trinajstić information content (AvgIpc) is 3.74. The third kappa shape index (κ3) is 5.78. The molecule has 0 atom stereocenters. The first-order valence-corrected chi connectivity index (χ1v) is 19.5. The van der Waals surface area contributed by atoms with Gasteiger partial charge in [-0.2, -0.15) is 0 Å². The maximum absolute atomic E-state index is 5.03. The highest BCUT2D eigenvalue weighted by Gasteiger charge is 2.17. The van der Waals surface area contributed by atoms with E-state index in [4.69, 9.17) is 4.98 Å². The van der Waals surface area contributed by atoms with Crippen molar-refractivity contribution >= 4 is 38.0 Å². The van der Waals surface area contributed by atoms with Crippen LogP contribution in [0, 0.1) is 0 Å². The van der Waals surface area contributed by atoms with Crippen LogP contribution in [-0.4, -0.2) is 9.38 Å². The number of aromatic nitrogens is 2. The lowest BCUT2D eigenvalue weighted by Gasteiger charge is -2.18. The minimum atomic E-state index is 0.936. The summed E-state index contributed by atoms with van der Waals surface area (Å²) in [6.45, 7) is 0. The van der Waals surface area contributed by atoms with Crippen LogP contribution in [0.3, 0.4) is 0 Å². The summed E-state index contributed by atoms with van der Waals surface area (Å²) in [6.07, 6.45) is 2.15. The summed E-state index contributed by atoms with van der Waals surface area (Å²) in [5.41, 5.74) is 15.1. The molecule has 0 N–H and O–H groups in total. The van der Waals surface area contributed by atoms with Crippen molar-refractivity contribution in [1.82, 2.24) is 9.38 Å². The molecular formula is C55H36N2. The van der Waals surface area contributed by atoms with Gasteiger partial charge in [0.1, 0.15) is 5.65 Å². The first kappa shape index (κ1) is 32.8. The lowest BCUT2D eigenvalue weighted by molar-refractivity contribution is 1.19. The number of nitrogens with zero attached hydrogens (tertiary/aromatic N) is 2. The number of hydrogen-bond acceptors (Lipinski definition) is 1. The molecule has 2 aromatic heterocycles. The van der Waals surface area contributed by atoms with E-state index in [0.29, 0.717) is 0 Å². The Morgan fingerprint density at radius 2 is 0.754 bits per heavy atom. The SMILES string of the molecule is c1ccc(-c2cccc3nc(-c4ccc(-c5c6ccccc6c(-c6ccc(-c7ccc(-c8ccc9ccccc9c8)cc7)cc6)c6ccccc56)cc4)cn23)cc1. The summed E-state index contributed by atoms with van der Waals surface area (Å²) in [6, 6.07) is 76.7. The van der Waals surface area contributed by atoms with E-state index in [1.807, 2.05) is 0 Å². The van der Waals surface area contributed by atoms with E-state index in [-0.39, 0.29) is 0 Å². The Hall–Kier alpha value is -7.55. The van der Waals surface area contributed by atoms with Gasteiger partial charge >= 0.3 is 0 Å². The second kappa shape index (κ2) is 13.6. The molecule has 0 unspecified atom stereocenters. The van der Waals surface area contributed by atoms with Gasteiger partial charge < -0.3 is 0 Å². The van der Waals surface area contributed by atoms with Crippen LogP contribution in [0.2, 0.25) is 0 Å². The minimum Gasteiger partial charge on any atom is -0.299 e. The first-order valence-electron chi connectivity index (χ1n) is 19.5. The zero-order valence-corrected chi connectivity index (χ0v) is 31.2. The van der Waals surface area contributed by atoms with Crippen molar-refractivity contribution < 1.29 is 0 Å². The third-order valence-electron chi connectivity index (χ3n) is 11.4. The number of fused-ring (bicyclic) bond motifs is 4. The number of imidazole rings is 1. The number of pyridine rings is 1. The monoisotopic (exact) mass is 724 g/mol. The largest absolute Gasteiger partial charge is 0.299 e. The van der Waals surface area contributed by atoms with E-state index >= 15 is 0 Å². The molecule has 0 radical (unpaired) electrons. The fourth-order valence-electron chi connectivity index (χ4n) is 8.61. The predicted octanol–water partition coefficient (Wildman–Crippen LogP) is 14.8. The van der Waals surface area contributed by atoms with Crippen LogP contribution in [0.5, 0.6) is 0 Å². The van der Waals surface area contributed by atoms with Crippen molar-refractivity contribution in [3.05, 3.63) is 219 Å². The normalized spacial score (nSPS) is 11.5. The van der Waals surface area contributed by atoms with E-state index in [1.165, 1.54) is 82.4 Å². The van der Waals surface area contributed by atoms with Crippen molar-refractivity contribution in [1.29, 1.82) is 0 Å². The van der Waals surface area contributed by atoms with Gasteiger partial charge in [-0.05, 0) is 101 Å². The molecule has 0 spiro atoms. The van der Waals surface area contributed by atoms with Crippen molar-refractivity contribution in [2.45, 2.75) is 0 Å². The van der Waals surface area contributed by atoms with Crippen LogP contribution in [0.4, 0.5) is 0 Å². The fourth-order valence-corrected chi connectivity index (χ4v) is 8.61. The van der Waals surface area contributed by atoms with Gasteiger partial charge in [-0.1, -0.05) is 194 Å². The number of rotatable bonds is 6. The van der Waals surface area contributed by atoms with Gasteiger partial charge in [0.2, 0.25) is 0 Å². The third-order valence-corrected chi connectivity index (χ3v) is 11.4. The average molecular weight is 725 g/mol. The lowest BCUT2D eigenvalue weighted by Crippen LogP contribution is -1.91. The zero-order chi connectivity index (χ0) is 37.7. The van der Waals surface area contributed by atoms with E-state index in [1.54, 1.807) is 0 Å². The quantitative estimate of drug-likeness (QED) is 0.156. The standard InChI is InChI=1S/C55H36N2/c1-2-12-42(13-3-1)52-19-10-20-53-56-51(36-57(52)53)41-28-32-44(33-29-41)55-49-17-8-6-15-47(49)54(48-16-7-9-18-50(48)55)43-30-25-39(26-31-43)38-21-23-40(24-22-38)46-34-27-37-11-4-5-14-45(37)35-46/h1-36H. The van der Waals surface area contributed by atoms with Gasteiger partial charge in [0.15, 0.2) is 0 Å². The van der Waals surface area contributed by atoms with E-state index in [0.717, 1.165) is 22.6 Å². The fraction of sp³-hybridized carbons (Fsp3) is 0. The van der Waals surface area contributed by atoms with Gasteiger partial charge in [0.25, 0.3) is 0 Å². The molecule has 0 saturated heterocycles. The van der Waals surface area contributed by atoms with Gasteiger partial charge in [-0.3, -0.25) is 4.40 Å². The zero-order valence-electron chi connectivity index (χ0n) is 31.2. The molecule has 9 aromatic carbocycles. The Labute approximate surface area is 331 Å². The van der Waals surface area contributed by atoms with Gasteiger partial charge in [-0.15, -0.1) is 0 Å². The van der Waals surface area contributed by atoms with Crippen LogP contribution in [0.15, 0.2) is 219 Å². The Morgan fingerprint density at radius 3 is 1.33 bits per heavy atom. The topological polar surface area (TPSA) is 17.3 Å². The highest BCUT2D eigenvalue weighted by molar-refractivity contribution is 6.21. The molecule has 0 fully saturated rings. The van der Waals surface area contributed by atoms with Crippen LogP contribution >= 0.6 is 0 Å². The molecule has 11 aromatic rings. The number of benzene rings is 9. The lowest BCUT2D eigenvalue weighted by atomic mass is 9.85. The smallest absolute Gasteiger partial charge is 0.137 e. The molecule has 0 aliphatic rings. The summed E-state index contributed by atoms with van der Waals surface area (Å²) in [7, 11) is 0. The van der Waals surface area contributed by atoms with Crippen LogP contribution in [-0.2, 0) is 0 Å². The molecule has 266 valence electrons. The second-order valence-corrected chi connectivity index (χ2v) is 14.8. The van der Waals surface area contributed by atoms with E-state index in [2.05, 4.69) is 223 Å². The van der Waals surface area contributed by atoms with Crippen molar-refractivity contribution in [2.75, 3.05) is 0 Å². The molecule has 0 amide bonds. The number of hydrogen-bond donors (Lipinski definition) is 0. The maximum atomic E-state index is 5.03. The van der Waals surface area contributed by atoms with E-state index in [9.17, 15) is 0 Å². The highest BCUT2D eigenvalue weighted by Crippen LogP contribution is 2.44. The van der Waals surface area contributed by atoms with Crippen LogP contribution < -0.4 is 0 Å².